The maximum Gasteiger partial charge on any atom is 0.00914 e. The van der Waals surface area contributed by atoms with Crippen LogP contribution in [0.15, 0.2) is 0 Å². The van der Waals surface area contributed by atoms with Crippen LogP contribution >= 0.6 is 11.8 Å². The van der Waals surface area contributed by atoms with E-state index in [0.717, 1.165) is 6.04 Å². The molecule has 1 aliphatic rings. The average molecular weight is 258 g/mol. The van der Waals surface area contributed by atoms with Crippen LogP contribution in [0.1, 0.15) is 45.4 Å². The van der Waals surface area contributed by atoms with Gasteiger partial charge in [0.05, 0.1) is 0 Å². The summed E-state index contributed by atoms with van der Waals surface area (Å²) in [4.78, 5) is 2.63. The fraction of sp³-hybridized carbons (Fsp3) is 1.00. The van der Waals surface area contributed by atoms with Crippen LogP contribution in [0, 0.1) is 0 Å². The van der Waals surface area contributed by atoms with Crippen molar-refractivity contribution in [3.05, 3.63) is 0 Å². The van der Waals surface area contributed by atoms with Crippen molar-refractivity contribution in [2.24, 2.45) is 0 Å². The highest BCUT2D eigenvalue weighted by atomic mass is 32.2. The van der Waals surface area contributed by atoms with E-state index in [1.165, 1.54) is 70.5 Å². The van der Waals surface area contributed by atoms with Crippen molar-refractivity contribution in [1.29, 1.82) is 0 Å². The van der Waals surface area contributed by atoms with Gasteiger partial charge in [0.15, 0.2) is 0 Å². The predicted octanol–water partition coefficient (Wildman–Crippen LogP) is 2.98. The van der Waals surface area contributed by atoms with Crippen molar-refractivity contribution in [2.75, 3.05) is 38.2 Å². The number of nitrogens with one attached hydrogen (secondary N) is 1. The lowest BCUT2D eigenvalue weighted by molar-refractivity contribution is 0.195. The Morgan fingerprint density at radius 3 is 2.59 bits per heavy atom. The van der Waals surface area contributed by atoms with Gasteiger partial charge in [0.1, 0.15) is 0 Å². The molecular weight excluding hydrogens is 228 g/mol. The van der Waals surface area contributed by atoms with Gasteiger partial charge in [-0.1, -0.05) is 13.3 Å². The van der Waals surface area contributed by atoms with Gasteiger partial charge >= 0.3 is 0 Å². The molecule has 1 saturated heterocycles. The second-order valence-corrected chi connectivity index (χ2v) is 6.11. The molecule has 0 atom stereocenters. The maximum atomic E-state index is 3.72. The minimum absolute atomic E-state index is 0.794. The van der Waals surface area contributed by atoms with Gasteiger partial charge in [0.25, 0.3) is 0 Å². The van der Waals surface area contributed by atoms with Crippen molar-refractivity contribution in [1.82, 2.24) is 10.2 Å². The van der Waals surface area contributed by atoms with Crippen molar-refractivity contribution < 1.29 is 0 Å². The average Bonchev–Trinajstić information content (AvgIpc) is 2.37. The molecule has 17 heavy (non-hydrogen) atoms. The van der Waals surface area contributed by atoms with Gasteiger partial charge in [-0.25, -0.2) is 0 Å². The number of hydrogen-bond acceptors (Lipinski definition) is 3. The first-order valence-electron chi connectivity index (χ1n) is 7.31. The number of thioether (sulfide) groups is 1. The number of unbranched alkanes of at least 4 members (excludes halogenated alkanes) is 2. The Balaban J connectivity index is 1.95. The molecule has 1 rings (SSSR count). The molecule has 2 nitrogen and oxygen atoms in total. The summed E-state index contributed by atoms with van der Waals surface area (Å²) in [6.45, 7) is 7.44. The van der Waals surface area contributed by atoms with Crippen molar-refractivity contribution in [3.63, 3.8) is 0 Å². The normalized spacial score (nSPS) is 18.7. The van der Waals surface area contributed by atoms with E-state index >= 15 is 0 Å². The Hall–Kier alpha value is 0.270. The monoisotopic (exact) mass is 258 g/mol. The summed E-state index contributed by atoms with van der Waals surface area (Å²) in [5.41, 5.74) is 0. The quantitative estimate of drug-likeness (QED) is 0.640. The highest BCUT2D eigenvalue weighted by molar-refractivity contribution is 7.98. The first-order chi connectivity index (χ1) is 8.36. The third kappa shape index (κ3) is 7.32. The van der Waals surface area contributed by atoms with E-state index in [0.29, 0.717) is 0 Å². The van der Waals surface area contributed by atoms with Gasteiger partial charge in [-0.3, -0.25) is 0 Å². The summed E-state index contributed by atoms with van der Waals surface area (Å²) in [7, 11) is 0. The third-order valence-electron chi connectivity index (χ3n) is 3.62. The molecule has 1 N–H and O–H groups in total. The topological polar surface area (TPSA) is 15.3 Å². The van der Waals surface area contributed by atoms with E-state index in [-0.39, 0.29) is 0 Å². The van der Waals surface area contributed by atoms with E-state index in [4.69, 9.17) is 0 Å². The number of nitrogens with zero attached hydrogens (tertiary/aromatic N) is 1. The molecular formula is C14H30N2S. The summed E-state index contributed by atoms with van der Waals surface area (Å²) >= 11 is 1.96. The number of likely N-dealkylation sites (tertiary alicyclic amines) is 1. The Morgan fingerprint density at radius 2 is 1.94 bits per heavy atom. The second kappa shape index (κ2) is 10.2. The van der Waals surface area contributed by atoms with Gasteiger partial charge in [-0.15, -0.1) is 0 Å². The SMILES string of the molecule is CCCCN1CCC(NCCCCSC)CC1. The van der Waals surface area contributed by atoms with Gasteiger partial charge in [0, 0.05) is 6.04 Å². The highest BCUT2D eigenvalue weighted by Crippen LogP contribution is 2.11. The summed E-state index contributed by atoms with van der Waals surface area (Å²) < 4.78 is 0. The first kappa shape index (κ1) is 15.3. The fourth-order valence-electron chi connectivity index (χ4n) is 2.42. The van der Waals surface area contributed by atoms with Gasteiger partial charge < -0.3 is 10.2 Å². The Bertz CT molecular complexity index is 165. The van der Waals surface area contributed by atoms with Crippen molar-refractivity contribution in [3.8, 4) is 0 Å². The number of piperidine rings is 1. The molecule has 0 amide bonds. The molecule has 0 saturated carbocycles. The zero-order valence-electron chi connectivity index (χ0n) is 11.7. The molecule has 3 heteroatoms. The Morgan fingerprint density at radius 1 is 1.18 bits per heavy atom. The van der Waals surface area contributed by atoms with Gasteiger partial charge in [0.2, 0.25) is 0 Å². The second-order valence-electron chi connectivity index (χ2n) is 5.12. The summed E-state index contributed by atoms with van der Waals surface area (Å²) in [5, 5.41) is 3.72. The molecule has 1 aliphatic heterocycles. The van der Waals surface area contributed by atoms with E-state index in [9.17, 15) is 0 Å². The molecule has 1 heterocycles. The van der Waals surface area contributed by atoms with Crippen LogP contribution in [0.5, 0.6) is 0 Å². The van der Waals surface area contributed by atoms with Crippen LogP contribution in [0.2, 0.25) is 0 Å². The minimum atomic E-state index is 0.794. The van der Waals surface area contributed by atoms with Crippen LogP contribution < -0.4 is 5.32 Å². The van der Waals surface area contributed by atoms with E-state index < -0.39 is 0 Å². The maximum absolute atomic E-state index is 3.72. The van der Waals surface area contributed by atoms with Crippen molar-refractivity contribution in [2.45, 2.75) is 51.5 Å². The van der Waals surface area contributed by atoms with Gasteiger partial charge in [-0.2, -0.15) is 11.8 Å². The summed E-state index contributed by atoms with van der Waals surface area (Å²) in [5.74, 6) is 1.32. The molecule has 0 aromatic heterocycles. The largest absolute Gasteiger partial charge is 0.314 e. The first-order valence-corrected chi connectivity index (χ1v) is 8.71. The smallest absolute Gasteiger partial charge is 0.00914 e. The predicted molar refractivity (Wildman–Crippen MR) is 80.0 cm³/mol. The summed E-state index contributed by atoms with van der Waals surface area (Å²) in [6, 6.07) is 0.794. The molecule has 0 aliphatic carbocycles. The number of rotatable bonds is 9. The zero-order chi connectivity index (χ0) is 12.3. The van der Waals surface area contributed by atoms with Crippen molar-refractivity contribution >= 4 is 11.8 Å². The summed E-state index contributed by atoms with van der Waals surface area (Å²) in [6.07, 6.45) is 10.3. The van der Waals surface area contributed by atoms with Crippen LogP contribution in [0.3, 0.4) is 0 Å². The molecule has 102 valence electrons. The molecule has 0 radical (unpaired) electrons. The Labute approximate surface area is 112 Å². The molecule has 0 spiro atoms. The third-order valence-corrected chi connectivity index (χ3v) is 4.32. The fourth-order valence-corrected chi connectivity index (χ4v) is 2.91. The number of hydrogen-bond donors (Lipinski definition) is 1. The van der Waals surface area contributed by atoms with E-state index in [1.54, 1.807) is 0 Å². The standard InChI is InChI=1S/C14H30N2S/c1-3-4-10-16-11-7-14(8-12-16)15-9-5-6-13-17-2/h14-15H,3-13H2,1-2H3. The minimum Gasteiger partial charge on any atom is -0.314 e. The highest BCUT2D eigenvalue weighted by Gasteiger charge is 2.17. The molecule has 0 bridgehead atoms. The lowest BCUT2D eigenvalue weighted by atomic mass is 10.0. The van der Waals surface area contributed by atoms with Gasteiger partial charge in [-0.05, 0) is 70.3 Å². The Kier molecular flexibility index (Phi) is 9.21. The van der Waals surface area contributed by atoms with E-state index in [1.807, 2.05) is 11.8 Å². The van der Waals surface area contributed by atoms with Crippen LogP contribution in [-0.2, 0) is 0 Å². The molecule has 1 fully saturated rings. The molecule has 0 unspecified atom stereocenters. The molecule has 0 aromatic rings. The lowest BCUT2D eigenvalue weighted by Crippen LogP contribution is -2.43. The van der Waals surface area contributed by atoms with E-state index in [2.05, 4.69) is 23.4 Å². The van der Waals surface area contributed by atoms with Crippen LogP contribution in [-0.4, -0.2) is 49.1 Å². The van der Waals surface area contributed by atoms with Crippen LogP contribution in [0.25, 0.3) is 0 Å². The lowest BCUT2D eigenvalue weighted by Gasteiger charge is -2.32. The molecule has 0 aromatic carbocycles. The zero-order valence-corrected chi connectivity index (χ0v) is 12.5. The van der Waals surface area contributed by atoms with Crippen LogP contribution in [0.4, 0.5) is 0 Å².